The molecule has 0 saturated carbocycles. The van der Waals surface area contributed by atoms with Crippen LogP contribution in [0.1, 0.15) is 10.6 Å². The zero-order valence-corrected chi connectivity index (χ0v) is 20.9. The summed E-state index contributed by atoms with van der Waals surface area (Å²) in [6, 6.07) is 13.7. The van der Waals surface area contributed by atoms with E-state index in [1.807, 2.05) is 29.6 Å². The summed E-state index contributed by atoms with van der Waals surface area (Å²) in [6.07, 6.45) is 3.02. The van der Waals surface area contributed by atoms with Crippen molar-refractivity contribution >= 4 is 67.0 Å². The fraction of sp³-hybridized carbons (Fsp3) is 0.0435. The van der Waals surface area contributed by atoms with E-state index in [9.17, 15) is 20.2 Å². The van der Waals surface area contributed by atoms with Gasteiger partial charge in [-0.3, -0.25) is 20.2 Å². The van der Waals surface area contributed by atoms with E-state index in [1.165, 1.54) is 46.9 Å². The number of nitro groups is 1. The van der Waals surface area contributed by atoms with Crippen LogP contribution < -0.4 is 10.1 Å². The second kappa shape index (κ2) is 11.0. The van der Waals surface area contributed by atoms with Crippen molar-refractivity contribution < 1.29 is 14.5 Å². The van der Waals surface area contributed by atoms with Crippen molar-refractivity contribution in [2.45, 2.75) is 0 Å². The smallest absolute Gasteiger partial charge is 0.270 e. The molecule has 2 aromatic heterocycles. The van der Waals surface area contributed by atoms with Crippen LogP contribution >= 0.6 is 38.6 Å². The molecular weight excluding hydrogens is 554 g/mol. The maximum atomic E-state index is 12.2. The Bertz CT molecular complexity index is 1440. The molecule has 0 fully saturated rings. The minimum atomic E-state index is -0.544. The third-order valence-corrected chi connectivity index (χ3v) is 6.63. The van der Waals surface area contributed by atoms with Crippen molar-refractivity contribution in [3.63, 3.8) is 0 Å². The topological polar surface area (TPSA) is 131 Å². The van der Waals surface area contributed by atoms with E-state index in [0.717, 1.165) is 10.0 Å². The summed E-state index contributed by atoms with van der Waals surface area (Å²) >= 11 is 5.94. The number of benzene rings is 2. The molecule has 4 rings (SSSR count). The zero-order valence-electron chi connectivity index (χ0n) is 17.7. The van der Waals surface area contributed by atoms with Crippen molar-refractivity contribution in [1.82, 2.24) is 9.97 Å². The highest BCUT2D eigenvalue weighted by atomic mass is 79.9. The average Bonchev–Trinajstić information content (AvgIpc) is 3.54. The van der Waals surface area contributed by atoms with Gasteiger partial charge in [-0.2, -0.15) is 5.26 Å². The Labute approximate surface area is 215 Å². The van der Waals surface area contributed by atoms with Crippen LogP contribution in [-0.2, 0) is 4.79 Å². The molecule has 174 valence electrons. The molecule has 1 amide bonds. The first-order chi connectivity index (χ1) is 16.9. The van der Waals surface area contributed by atoms with Crippen molar-refractivity contribution in [2.24, 2.45) is 0 Å². The zero-order chi connectivity index (χ0) is 24.8. The molecule has 0 atom stereocenters. The molecule has 0 bridgehead atoms. The molecule has 0 aliphatic rings. The highest BCUT2D eigenvalue weighted by molar-refractivity contribution is 9.10. The third-order valence-electron chi connectivity index (χ3n) is 4.54. The number of amides is 1. The van der Waals surface area contributed by atoms with E-state index in [0.29, 0.717) is 15.8 Å². The summed E-state index contributed by atoms with van der Waals surface area (Å²) in [5.41, 5.74) is 1.89. The Morgan fingerprint density at radius 1 is 1.26 bits per heavy atom. The second-order valence-electron chi connectivity index (χ2n) is 6.87. The van der Waals surface area contributed by atoms with Gasteiger partial charge in [0, 0.05) is 44.7 Å². The number of hydrogen-bond donors (Lipinski definition) is 1. The number of nitro benzene ring substituents is 1. The van der Waals surface area contributed by atoms with Crippen LogP contribution in [0.25, 0.3) is 22.9 Å². The van der Waals surface area contributed by atoms with Gasteiger partial charge in [0.2, 0.25) is 0 Å². The van der Waals surface area contributed by atoms with Gasteiger partial charge in [-0.15, -0.1) is 22.7 Å². The number of rotatable bonds is 8. The van der Waals surface area contributed by atoms with Crippen LogP contribution in [-0.4, -0.2) is 27.4 Å². The molecule has 0 saturated heterocycles. The van der Waals surface area contributed by atoms with Crippen molar-refractivity contribution in [3.8, 4) is 23.1 Å². The molecule has 2 heterocycles. The fourth-order valence-corrected chi connectivity index (χ4v) is 4.53. The maximum Gasteiger partial charge on any atom is 0.270 e. The van der Waals surface area contributed by atoms with Crippen molar-refractivity contribution in [2.75, 3.05) is 11.9 Å². The molecule has 0 unspecified atom stereocenters. The van der Waals surface area contributed by atoms with Gasteiger partial charge >= 0.3 is 0 Å². The highest BCUT2D eigenvalue weighted by Gasteiger charge is 2.15. The predicted octanol–water partition coefficient (Wildman–Crippen LogP) is 6.02. The number of aromatic nitrogens is 2. The number of anilines is 1. The van der Waals surface area contributed by atoms with E-state index < -0.39 is 10.8 Å². The monoisotopic (exact) mass is 567 g/mol. The van der Waals surface area contributed by atoms with E-state index in [1.54, 1.807) is 11.6 Å². The van der Waals surface area contributed by atoms with E-state index in [4.69, 9.17) is 4.74 Å². The Hall–Kier alpha value is -3.92. The number of ether oxygens (including phenoxy) is 1. The van der Waals surface area contributed by atoms with E-state index in [-0.39, 0.29) is 29.2 Å². The second-order valence-corrected chi connectivity index (χ2v) is 9.54. The Kier molecular flexibility index (Phi) is 7.61. The Morgan fingerprint density at radius 2 is 2.06 bits per heavy atom. The van der Waals surface area contributed by atoms with E-state index >= 15 is 0 Å². The van der Waals surface area contributed by atoms with Gasteiger partial charge in [-0.05, 0) is 24.3 Å². The van der Waals surface area contributed by atoms with Gasteiger partial charge < -0.3 is 4.74 Å². The first-order valence-corrected chi connectivity index (χ1v) is 12.4. The number of nitrogens with one attached hydrogen (secondary N) is 1. The lowest BCUT2D eigenvalue weighted by atomic mass is 10.1. The summed E-state index contributed by atoms with van der Waals surface area (Å²) in [5, 5.41) is 28.1. The SMILES string of the molecule is N#C/C(=C\c1cc([N+](=O)[O-])ccc1OCC(=O)Nc1nccs1)c1nc(-c2ccc(Br)cc2)cs1. The first kappa shape index (κ1) is 24.2. The first-order valence-electron chi connectivity index (χ1n) is 9.87. The molecule has 0 aliphatic carbocycles. The minimum absolute atomic E-state index is 0.178. The van der Waals surface area contributed by atoms with E-state index in [2.05, 4.69) is 37.3 Å². The summed E-state index contributed by atoms with van der Waals surface area (Å²) in [4.78, 5) is 31.5. The molecule has 9 nitrogen and oxygen atoms in total. The number of carbonyl (C=O) groups is 1. The average molecular weight is 568 g/mol. The molecule has 1 N–H and O–H groups in total. The Morgan fingerprint density at radius 3 is 2.74 bits per heavy atom. The minimum Gasteiger partial charge on any atom is -0.483 e. The van der Waals surface area contributed by atoms with Crippen LogP contribution in [0, 0.1) is 21.4 Å². The lowest BCUT2D eigenvalue weighted by Crippen LogP contribution is -2.20. The van der Waals surface area contributed by atoms with Crippen molar-refractivity contribution in [3.05, 3.63) is 84.6 Å². The lowest BCUT2D eigenvalue weighted by molar-refractivity contribution is -0.384. The lowest BCUT2D eigenvalue weighted by Gasteiger charge is -2.09. The molecule has 12 heteroatoms. The number of carbonyl (C=O) groups excluding carboxylic acids is 1. The van der Waals surface area contributed by atoms with Gasteiger partial charge in [0.25, 0.3) is 11.6 Å². The van der Waals surface area contributed by atoms with Crippen LogP contribution in [0.2, 0.25) is 0 Å². The normalized spacial score (nSPS) is 11.0. The highest BCUT2D eigenvalue weighted by Crippen LogP contribution is 2.31. The summed E-state index contributed by atoms with van der Waals surface area (Å²) in [7, 11) is 0. The number of halogens is 1. The number of hydrogen-bond acceptors (Lipinski definition) is 9. The largest absolute Gasteiger partial charge is 0.483 e. The van der Waals surface area contributed by atoms with Crippen LogP contribution in [0.15, 0.2) is 63.9 Å². The van der Waals surface area contributed by atoms with Gasteiger partial charge in [-0.1, -0.05) is 28.1 Å². The van der Waals surface area contributed by atoms with Crippen LogP contribution in [0.4, 0.5) is 10.8 Å². The Balaban J connectivity index is 1.61. The molecular formula is C23H14BrN5O4S2. The number of non-ortho nitro benzene ring substituents is 1. The predicted molar refractivity (Wildman–Crippen MR) is 138 cm³/mol. The summed E-state index contributed by atoms with van der Waals surface area (Å²) in [5.74, 6) is -0.227. The molecule has 0 spiro atoms. The number of nitrogens with zero attached hydrogens (tertiary/aromatic N) is 4. The standard InChI is InChI=1S/C23H14BrN5O4S2/c24-17-3-1-14(2-4-17)19-13-35-22(27-19)16(11-25)9-15-10-18(29(31)32)5-6-20(15)33-12-21(30)28-23-26-7-8-34-23/h1-10,13H,12H2,(H,26,28,30)/b16-9+. The molecule has 35 heavy (non-hydrogen) atoms. The summed E-state index contributed by atoms with van der Waals surface area (Å²) < 4.78 is 6.55. The van der Waals surface area contributed by atoms with Crippen LogP contribution in [0.3, 0.4) is 0 Å². The number of thiazole rings is 2. The van der Waals surface area contributed by atoms with Gasteiger partial charge in [0.05, 0.1) is 16.2 Å². The molecule has 2 aromatic carbocycles. The maximum absolute atomic E-state index is 12.2. The van der Waals surface area contributed by atoms with Gasteiger partial charge in [0.1, 0.15) is 16.8 Å². The molecule has 4 aromatic rings. The summed E-state index contributed by atoms with van der Waals surface area (Å²) in [6.45, 7) is -0.342. The van der Waals surface area contributed by atoms with Gasteiger partial charge in [-0.25, -0.2) is 9.97 Å². The molecule has 0 radical (unpaired) electrons. The number of allylic oxidation sites excluding steroid dienone is 1. The number of nitriles is 1. The van der Waals surface area contributed by atoms with Gasteiger partial charge in [0.15, 0.2) is 11.7 Å². The van der Waals surface area contributed by atoms with Crippen LogP contribution in [0.5, 0.6) is 5.75 Å². The third kappa shape index (κ3) is 6.15. The van der Waals surface area contributed by atoms with Crippen molar-refractivity contribution in [1.29, 1.82) is 5.26 Å². The quantitative estimate of drug-likeness (QED) is 0.156. The molecule has 0 aliphatic heterocycles. The fourth-order valence-electron chi connectivity index (χ4n) is 2.93.